The highest BCUT2D eigenvalue weighted by molar-refractivity contribution is 5.97. The highest BCUT2D eigenvalue weighted by Gasteiger charge is 2.21. The summed E-state index contributed by atoms with van der Waals surface area (Å²) in [6.07, 6.45) is 3.61. The maximum absolute atomic E-state index is 12.3. The molecule has 0 aliphatic carbocycles. The van der Waals surface area contributed by atoms with E-state index in [1.165, 1.54) is 6.33 Å². The average molecular weight is 315 g/mol. The molecule has 0 bridgehead atoms. The van der Waals surface area contributed by atoms with Gasteiger partial charge in [0.1, 0.15) is 18.7 Å². The minimum absolute atomic E-state index is 0.189. The summed E-state index contributed by atoms with van der Waals surface area (Å²) in [6, 6.07) is 6.41. The van der Waals surface area contributed by atoms with E-state index < -0.39 is 6.04 Å². The number of nitrogens with one attached hydrogen (secondary N) is 2. The van der Waals surface area contributed by atoms with Gasteiger partial charge in [-0.25, -0.2) is 9.67 Å². The van der Waals surface area contributed by atoms with E-state index in [0.29, 0.717) is 17.9 Å². The van der Waals surface area contributed by atoms with Gasteiger partial charge in [0.2, 0.25) is 5.91 Å². The first kappa shape index (κ1) is 16.7. The highest BCUT2D eigenvalue weighted by Crippen LogP contribution is 2.10. The van der Waals surface area contributed by atoms with Crippen LogP contribution in [-0.2, 0) is 4.79 Å². The van der Waals surface area contributed by atoms with Crippen LogP contribution in [0.3, 0.4) is 0 Å². The van der Waals surface area contributed by atoms with Crippen LogP contribution in [0, 0.1) is 5.92 Å². The quantitative estimate of drug-likeness (QED) is 0.837. The summed E-state index contributed by atoms with van der Waals surface area (Å²) in [5.74, 6) is -0.164. The van der Waals surface area contributed by atoms with E-state index in [0.717, 1.165) is 5.69 Å². The molecule has 122 valence electrons. The van der Waals surface area contributed by atoms with Gasteiger partial charge in [-0.2, -0.15) is 5.10 Å². The summed E-state index contributed by atoms with van der Waals surface area (Å²) in [4.78, 5) is 28.1. The van der Waals surface area contributed by atoms with Crippen LogP contribution in [0.2, 0.25) is 0 Å². The smallest absolute Gasteiger partial charge is 0.251 e. The van der Waals surface area contributed by atoms with Crippen molar-refractivity contribution in [2.75, 3.05) is 7.05 Å². The second-order valence-electron chi connectivity index (χ2n) is 5.66. The van der Waals surface area contributed by atoms with Crippen LogP contribution in [-0.4, -0.2) is 39.7 Å². The summed E-state index contributed by atoms with van der Waals surface area (Å²) in [7, 11) is 1.56. The maximum Gasteiger partial charge on any atom is 0.251 e. The van der Waals surface area contributed by atoms with Gasteiger partial charge < -0.3 is 10.6 Å². The number of rotatable bonds is 6. The highest BCUT2D eigenvalue weighted by atomic mass is 16.2. The van der Waals surface area contributed by atoms with Crippen molar-refractivity contribution in [3.05, 3.63) is 42.5 Å². The zero-order valence-corrected chi connectivity index (χ0v) is 13.5. The predicted octanol–water partition coefficient (Wildman–Crippen LogP) is 1.16. The molecule has 0 fully saturated rings. The van der Waals surface area contributed by atoms with Crippen LogP contribution in [0.1, 0.15) is 30.6 Å². The zero-order valence-electron chi connectivity index (χ0n) is 13.5. The number of hydrogen-bond donors (Lipinski definition) is 2. The van der Waals surface area contributed by atoms with Crippen LogP contribution in [0.15, 0.2) is 36.9 Å². The molecule has 1 heterocycles. The summed E-state index contributed by atoms with van der Waals surface area (Å²) in [5.41, 5.74) is 1.30. The van der Waals surface area contributed by atoms with E-state index in [-0.39, 0.29) is 11.8 Å². The van der Waals surface area contributed by atoms with E-state index >= 15 is 0 Å². The molecule has 0 aliphatic rings. The number of benzene rings is 1. The molecule has 0 spiro atoms. The van der Waals surface area contributed by atoms with Crippen molar-refractivity contribution in [3.63, 3.8) is 0 Å². The number of nitrogens with zero attached hydrogens (tertiary/aromatic N) is 3. The Hall–Kier alpha value is -2.70. The van der Waals surface area contributed by atoms with Crippen LogP contribution >= 0.6 is 0 Å². The van der Waals surface area contributed by atoms with Crippen molar-refractivity contribution < 1.29 is 9.59 Å². The Kier molecular flexibility index (Phi) is 5.46. The Morgan fingerprint density at radius 2 is 1.91 bits per heavy atom. The summed E-state index contributed by atoms with van der Waals surface area (Å²) >= 11 is 0. The molecule has 23 heavy (non-hydrogen) atoms. The third kappa shape index (κ3) is 4.38. The van der Waals surface area contributed by atoms with Crippen molar-refractivity contribution in [1.82, 2.24) is 25.4 Å². The summed E-state index contributed by atoms with van der Waals surface area (Å²) in [5, 5.41) is 9.39. The minimum Gasteiger partial charge on any atom is -0.357 e. The number of hydrogen-bond acceptors (Lipinski definition) is 4. The monoisotopic (exact) mass is 315 g/mol. The lowest BCUT2D eigenvalue weighted by Gasteiger charge is -2.19. The largest absolute Gasteiger partial charge is 0.357 e. The molecular formula is C16H21N5O2. The van der Waals surface area contributed by atoms with Gasteiger partial charge in [0.25, 0.3) is 5.91 Å². The van der Waals surface area contributed by atoms with Crippen LogP contribution in [0.5, 0.6) is 0 Å². The van der Waals surface area contributed by atoms with Crippen LogP contribution in [0.25, 0.3) is 5.69 Å². The fourth-order valence-electron chi connectivity index (χ4n) is 2.23. The summed E-state index contributed by atoms with van der Waals surface area (Å²) in [6.45, 7) is 4.02. The molecule has 0 radical (unpaired) electrons. The SMILES string of the molecule is CNC(=O)C(CC(C)C)NC(=O)c1ccc(-n2cncn2)cc1. The molecule has 1 atom stereocenters. The third-order valence-corrected chi connectivity index (χ3v) is 3.39. The van der Waals surface area contributed by atoms with Gasteiger partial charge in [-0.1, -0.05) is 13.8 Å². The Bertz CT molecular complexity index is 650. The van der Waals surface area contributed by atoms with Gasteiger partial charge in [-0.05, 0) is 36.6 Å². The van der Waals surface area contributed by atoms with Gasteiger partial charge in [0.05, 0.1) is 5.69 Å². The fraction of sp³-hybridized carbons (Fsp3) is 0.375. The lowest BCUT2D eigenvalue weighted by atomic mass is 10.0. The van der Waals surface area contributed by atoms with Gasteiger partial charge in [0.15, 0.2) is 0 Å². The van der Waals surface area contributed by atoms with E-state index in [2.05, 4.69) is 20.7 Å². The Morgan fingerprint density at radius 1 is 1.22 bits per heavy atom. The van der Waals surface area contributed by atoms with E-state index in [1.54, 1.807) is 42.3 Å². The Labute approximate surface area is 135 Å². The van der Waals surface area contributed by atoms with E-state index in [9.17, 15) is 9.59 Å². The van der Waals surface area contributed by atoms with Gasteiger partial charge in [-0.15, -0.1) is 0 Å². The number of amides is 2. The first-order chi connectivity index (χ1) is 11.0. The molecule has 1 unspecified atom stereocenters. The van der Waals surface area contributed by atoms with Crippen molar-refractivity contribution in [3.8, 4) is 5.69 Å². The number of carbonyl (C=O) groups is 2. The van der Waals surface area contributed by atoms with Crippen molar-refractivity contribution in [2.24, 2.45) is 5.92 Å². The molecule has 2 rings (SSSR count). The van der Waals surface area contributed by atoms with Crippen LogP contribution in [0.4, 0.5) is 0 Å². The molecule has 0 saturated heterocycles. The van der Waals surface area contributed by atoms with E-state index in [4.69, 9.17) is 0 Å². The molecule has 2 N–H and O–H groups in total. The molecule has 0 saturated carbocycles. The molecule has 2 amide bonds. The molecule has 2 aromatic rings. The summed E-state index contributed by atoms with van der Waals surface area (Å²) < 4.78 is 1.60. The number of aromatic nitrogens is 3. The van der Waals surface area contributed by atoms with Crippen molar-refractivity contribution in [2.45, 2.75) is 26.3 Å². The molecule has 0 aliphatic heterocycles. The maximum atomic E-state index is 12.3. The second-order valence-corrected chi connectivity index (χ2v) is 5.66. The molecule has 1 aromatic heterocycles. The molecule has 7 heteroatoms. The Morgan fingerprint density at radius 3 is 2.43 bits per heavy atom. The number of likely N-dealkylation sites (N-methyl/N-ethyl adjacent to an activating group) is 1. The van der Waals surface area contributed by atoms with Crippen LogP contribution < -0.4 is 10.6 Å². The standard InChI is InChI=1S/C16H21N5O2/c1-11(2)8-14(16(23)17-3)20-15(22)12-4-6-13(7-5-12)21-10-18-9-19-21/h4-7,9-11,14H,8H2,1-3H3,(H,17,23)(H,20,22). The molecule has 7 nitrogen and oxygen atoms in total. The third-order valence-electron chi connectivity index (χ3n) is 3.39. The van der Waals surface area contributed by atoms with E-state index in [1.807, 2.05) is 13.8 Å². The average Bonchev–Trinajstić information content (AvgIpc) is 3.07. The minimum atomic E-state index is -0.539. The fourth-order valence-corrected chi connectivity index (χ4v) is 2.23. The Balaban J connectivity index is 2.08. The first-order valence-corrected chi connectivity index (χ1v) is 7.48. The van der Waals surface area contributed by atoms with Crippen molar-refractivity contribution in [1.29, 1.82) is 0 Å². The predicted molar refractivity (Wildman–Crippen MR) is 86.1 cm³/mol. The topological polar surface area (TPSA) is 88.9 Å². The lowest BCUT2D eigenvalue weighted by molar-refractivity contribution is -0.122. The second kappa shape index (κ2) is 7.53. The lowest BCUT2D eigenvalue weighted by Crippen LogP contribution is -2.46. The van der Waals surface area contributed by atoms with Gasteiger partial charge >= 0.3 is 0 Å². The first-order valence-electron chi connectivity index (χ1n) is 7.48. The molecule has 1 aromatic carbocycles. The van der Waals surface area contributed by atoms with Gasteiger partial charge in [-0.3, -0.25) is 9.59 Å². The zero-order chi connectivity index (χ0) is 16.8. The molecular weight excluding hydrogens is 294 g/mol. The number of carbonyl (C=O) groups excluding carboxylic acids is 2. The van der Waals surface area contributed by atoms with Crippen molar-refractivity contribution >= 4 is 11.8 Å². The normalized spacial score (nSPS) is 12.0. The van der Waals surface area contributed by atoms with Gasteiger partial charge in [0, 0.05) is 12.6 Å².